The van der Waals surface area contributed by atoms with Gasteiger partial charge < -0.3 is 14.2 Å². The lowest BCUT2D eigenvalue weighted by atomic mass is 10.1. The van der Waals surface area contributed by atoms with Gasteiger partial charge in [-0.05, 0) is 81.3 Å². The van der Waals surface area contributed by atoms with Crippen molar-refractivity contribution in [3.05, 3.63) is 93.0 Å². The first-order valence-corrected chi connectivity index (χ1v) is 13.3. The smallest absolute Gasteiger partial charge is 0.338 e. The highest BCUT2D eigenvalue weighted by atomic mass is 35.5. The molecule has 0 spiro atoms. The van der Waals surface area contributed by atoms with Crippen molar-refractivity contribution in [2.75, 3.05) is 18.1 Å². The lowest BCUT2D eigenvalue weighted by Crippen LogP contribution is -2.54. The third-order valence-electron chi connectivity index (χ3n) is 6.05. The van der Waals surface area contributed by atoms with Crippen LogP contribution in [0.1, 0.15) is 46.5 Å². The molecule has 9 nitrogen and oxygen atoms in total. The van der Waals surface area contributed by atoms with E-state index in [2.05, 4.69) is 11.4 Å². The summed E-state index contributed by atoms with van der Waals surface area (Å²) in [6, 6.07) is 14.0. The largest absolute Gasteiger partial charge is 0.490 e. The summed E-state index contributed by atoms with van der Waals surface area (Å²) in [7, 11) is 0. The Kier molecular flexibility index (Phi) is 9.09. The Balaban J connectivity index is 1.63. The first-order chi connectivity index (χ1) is 19.6. The number of benzene rings is 3. The Morgan fingerprint density at radius 1 is 0.927 bits per heavy atom. The van der Waals surface area contributed by atoms with Gasteiger partial charge in [-0.15, -0.1) is 0 Å². The molecule has 41 heavy (non-hydrogen) atoms. The number of imide groups is 2. The summed E-state index contributed by atoms with van der Waals surface area (Å²) >= 11 is 6.58. The zero-order valence-electron chi connectivity index (χ0n) is 23.1. The molecule has 4 amide bonds. The summed E-state index contributed by atoms with van der Waals surface area (Å²) in [5.41, 5.74) is 3.72. The van der Waals surface area contributed by atoms with Crippen molar-refractivity contribution in [3.63, 3.8) is 0 Å². The number of esters is 1. The van der Waals surface area contributed by atoms with Gasteiger partial charge >= 0.3 is 12.0 Å². The minimum Gasteiger partial charge on any atom is -0.490 e. The summed E-state index contributed by atoms with van der Waals surface area (Å²) in [5, 5.41) is 2.40. The molecule has 1 aliphatic heterocycles. The summed E-state index contributed by atoms with van der Waals surface area (Å²) in [5.74, 6) is -1.57. The van der Waals surface area contributed by atoms with Gasteiger partial charge in [-0.25, -0.2) is 14.5 Å². The fourth-order valence-corrected chi connectivity index (χ4v) is 4.68. The molecular weight excluding hydrogens is 548 g/mol. The van der Waals surface area contributed by atoms with E-state index in [1.54, 1.807) is 19.1 Å². The number of carbonyl (C=O) groups is 4. The van der Waals surface area contributed by atoms with Crippen LogP contribution in [0.4, 0.5) is 10.5 Å². The van der Waals surface area contributed by atoms with E-state index < -0.39 is 23.8 Å². The SMILES string of the molecule is CCOC(=O)c1ccc(N2C(=O)NC(=O)/C(=C\c3cc(Cl)c(OCc4cc(C)cc(C)c4)c(OCC)c3)C2=O)cc1. The van der Waals surface area contributed by atoms with Crippen LogP contribution >= 0.6 is 11.6 Å². The molecule has 1 aliphatic rings. The van der Waals surface area contributed by atoms with Crippen LogP contribution in [0.5, 0.6) is 11.5 Å². The molecule has 1 heterocycles. The van der Waals surface area contributed by atoms with Crippen LogP contribution in [0.25, 0.3) is 6.08 Å². The summed E-state index contributed by atoms with van der Waals surface area (Å²) in [6.07, 6.45) is 1.33. The maximum atomic E-state index is 13.3. The minimum absolute atomic E-state index is 0.169. The molecule has 3 aromatic carbocycles. The molecule has 0 unspecified atom stereocenters. The van der Waals surface area contributed by atoms with Gasteiger partial charge in [0.1, 0.15) is 12.2 Å². The summed E-state index contributed by atoms with van der Waals surface area (Å²) in [4.78, 5) is 51.4. The fraction of sp³-hybridized carbons (Fsp3) is 0.226. The molecule has 1 N–H and O–H groups in total. The molecule has 0 bridgehead atoms. The van der Waals surface area contributed by atoms with Crippen molar-refractivity contribution < 1.29 is 33.4 Å². The lowest BCUT2D eigenvalue weighted by Gasteiger charge is -2.26. The van der Waals surface area contributed by atoms with Crippen molar-refractivity contribution in [2.45, 2.75) is 34.3 Å². The zero-order valence-corrected chi connectivity index (χ0v) is 23.8. The van der Waals surface area contributed by atoms with Gasteiger partial charge in [0.05, 0.1) is 29.5 Å². The highest BCUT2D eigenvalue weighted by Crippen LogP contribution is 2.38. The number of nitrogens with zero attached hydrogens (tertiary/aromatic N) is 1. The Morgan fingerprint density at radius 2 is 1.61 bits per heavy atom. The van der Waals surface area contributed by atoms with E-state index in [-0.39, 0.29) is 35.1 Å². The molecule has 0 aromatic heterocycles. The number of ether oxygens (including phenoxy) is 3. The second kappa shape index (κ2) is 12.7. The van der Waals surface area contributed by atoms with Crippen LogP contribution in [-0.2, 0) is 20.9 Å². The molecule has 1 saturated heterocycles. The van der Waals surface area contributed by atoms with Gasteiger partial charge in [-0.3, -0.25) is 14.9 Å². The molecule has 10 heteroatoms. The number of anilines is 1. The number of urea groups is 1. The van der Waals surface area contributed by atoms with Crippen LogP contribution in [0, 0.1) is 13.8 Å². The second-order valence-electron chi connectivity index (χ2n) is 9.27. The minimum atomic E-state index is -0.913. The molecular formula is C31H29ClN2O7. The third kappa shape index (κ3) is 6.75. The van der Waals surface area contributed by atoms with Gasteiger partial charge in [-0.2, -0.15) is 0 Å². The maximum absolute atomic E-state index is 13.3. The third-order valence-corrected chi connectivity index (χ3v) is 6.33. The van der Waals surface area contributed by atoms with Gasteiger partial charge in [-0.1, -0.05) is 40.9 Å². The maximum Gasteiger partial charge on any atom is 0.338 e. The number of aryl methyl sites for hydroxylation is 2. The van der Waals surface area contributed by atoms with E-state index in [9.17, 15) is 19.2 Å². The Labute approximate surface area is 242 Å². The van der Waals surface area contributed by atoms with E-state index in [0.717, 1.165) is 21.6 Å². The summed E-state index contributed by atoms with van der Waals surface area (Å²) < 4.78 is 16.8. The number of nitrogens with one attached hydrogen (secondary N) is 1. The van der Waals surface area contributed by atoms with Gasteiger partial charge in [0.25, 0.3) is 11.8 Å². The average Bonchev–Trinajstić information content (AvgIpc) is 2.90. The van der Waals surface area contributed by atoms with E-state index >= 15 is 0 Å². The number of carbonyl (C=O) groups excluding carboxylic acids is 4. The van der Waals surface area contributed by atoms with Crippen LogP contribution in [0.3, 0.4) is 0 Å². The van der Waals surface area contributed by atoms with Crippen LogP contribution in [-0.4, -0.2) is 37.0 Å². The number of amides is 4. The number of halogens is 1. The molecule has 0 radical (unpaired) electrons. The van der Waals surface area contributed by atoms with Gasteiger partial charge in [0.15, 0.2) is 11.5 Å². The number of rotatable bonds is 9. The predicted molar refractivity (Wildman–Crippen MR) is 154 cm³/mol. The molecule has 4 rings (SSSR count). The number of hydrogen-bond donors (Lipinski definition) is 1. The molecule has 1 fully saturated rings. The number of hydrogen-bond acceptors (Lipinski definition) is 7. The van der Waals surface area contributed by atoms with Crippen molar-refractivity contribution in [1.29, 1.82) is 0 Å². The molecule has 0 aliphatic carbocycles. The van der Waals surface area contributed by atoms with Crippen LogP contribution in [0.15, 0.2) is 60.2 Å². The van der Waals surface area contributed by atoms with Crippen molar-refractivity contribution in [1.82, 2.24) is 5.32 Å². The monoisotopic (exact) mass is 576 g/mol. The topological polar surface area (TPSA) is 111 Å². The van der Waals surface area contributed by atoms with Crippen molar-refractivity contribution >= 4 is 47.2 Å². The molecule has 0 saturated carbocycles. The Bertz CT molecular complexity index is 1530. The Hall–Kier alpha value is -4.63. The summed E-state index contributed by atoms with van der Waals surface area (Å²) in [6.45, 7) is 8.29. The van der Waals surface area contributed by atoms with Crippen LogP contribution in [0.2, 0.25) is 5.02 Å². The fourth-order valence-electron chi connectivity index (χ4n) is 4.40. The van der Waals surface area contributed by atoms with E-state index in [1.807, 2.05) is 32.9 Å². The molecule has 212 valence electrons. The first kappa shape index (κ1) is 29.4. The van der Waals surface area contributed by atoms with E-state index in [1.165, 1.54) is 30.3 Å². The first-order valence-electron chi connectivity index (χ1n) is 13.0. The van der Waals surface area contributed by atoms with E-state index in [4.69, 9.17) is 25.8 Å². The van der Waals surface area contributed by atoms with Gasteiger partial charge in [0, 0.05) is 0 Å². The standard InChI is InChI=1S/C31H29ClN2O7/c1-5-39-26-16-20(15-25(32)27(26)41-17-21-12-18(3)11-19(4)13-21)14-24-28(35)33-31(38)34(29(24)36)23-9-7-22(8-10-23)30(37)40-6-2/h7-16H,5-6,17H2,1-4H3,(H,33,35,38)/b24-14+. The highest BCUT2D eigenvalue weighted by molar-refractivity contribution is 6.39. The normalized spacial score (nSPS) is 14.2. The molecule has 3 aromatic rings. The zero-order chi connectivity index (χ0) is 29.7. The second-order valence-corrected chi connectivity index (χ2v) is 9.68. The van der Waals surface area contributed by atoms with Gasteiger partial charge in [0.2, 0.25) is 0 Å². The van der Waals surface area contributed by atoms with Crippen molar-refractivity contribution in [3.8, 4) is 11.5 Å². The average molecular weight is 577 g/mol. The van der Waals surface area contributed by atoms with E-state index in [0.29, 0.717) is 23.7 Å². The Morgan fingerprint density at radius 3 is 2.24 bits per heavy atom. The van der Waals surface area contributed by atoms with Crippen molar-refractivity contribution in [2.24, 2.45) is 0 Å². The highest BCUT2D eigenvalue weighted by Gasteiger charge is 2.37. The quantitative estimate of drug-likeness (QED) is 0.195. The lowest BCUT2D eigenvalue weighted by molar-refractivity contribution is -0.122. The molecule has 0 atom stereocenters. The predicted octanol–water partition coefficient (Wildman–Crippen LogP) is 5.78. The van der Waals surface area contributed by atoms with Crippen LogP contribution < -0.4 is 19.7 Å². The number of barbiturate groups is 1.